The van der Waals surface area contributed by atoms with Crippen molar-refractivity contribution in [2.75, 3.05) is 7.11 Å². The monoisotopic (exact) mass is 350 g/mol. The average Bonchev–Trinajstić information content (AvgIpc) is 3.48. The summed E-state index contributed by atoms with van der Waals surface area (Å²) in [7, 11) is 1.60. The van der Waals surface area contributed by atoms with Crippen LogP contribution in [0, 0.1) is 0 Å². The molecular formula is C19H18N4O3. The highest BCUT2D eigenvalue weighted by atomic mass is 16.5. The Hall–Kier alpha value is -3.22. The minimum atomic E-state index is -0.440. The van der Waals surface area contributed by atoms with Gasteiger partial charge < -0.3 is 10.1 Å². The minimum absolute atomic E-state index is 0.0917. The van der Waals surface area contributed by atoms with Crippen LogP contribution in [-0.4, -0.2) is 33.6 Å². The molecule has 1 saturated carbocycles. The van der Waals surface area contributed by atoms with E-state index in [-0.39, 0.29) is 11.7 Å². The Kier molecular flexibility index (Phi) is 4.12. The first-order valence-corrected chi connectivity index (χ1v) is 8.45. The lowest BCUT2D eigenvalue weighted by Gasteiger charge is -2.12. The number of carbonyl (C=O) groups is 1. The van der Waals surface area contributed by atoms with Gasteiger partial charge in [0.15, 0.2) is 11.3 Å². The second kappa shape index (κ2) is 6.59. The summed E-state index contributed by atoms with van der Waals surface area (Å²) < 4.78 is 6.65. The molecule has 7 nitrogen and oxygen atoms in total. The Labute approximate surface area is 149 Å². The van der Waals surface area contributed by atoms with Gasteiger partial charge in [0.25, 0.3) is 11.5 Å². The Morgan fingerprint density at radius 1 is 1.27 bits per heavy atom. The fraction of sp³-hybridized carbons (Fsp3) is 0.263. The first kappa shape index (κ1) is 16.3. The van der Waals surface area contributed by atoms with Gasteiger partial charge in [-0.05, 0) is 42.7 Å². The summed E-state index contributed by atoms with van der Waals surface area (Å²) in [6.45, 7) is 0.294. The number of amides is 1. The normalized spacial score (nSPS) is 13.6. The van der Waals surface area contributed by atoms with Gasteiger partial charge in [-0.3, -0.25) is 14.2 Å². The molecule has 0 atom stereocenters. The highest BCUT2D eigenvalue weighted by molar-refractivity contribution is 5.93. The number of aromatic nitrogens is 3. The van der Waals surface area contributed by atoms with Crippen LogP contribution in [0.2, 0.25) is 0 Å². The molecule has 2 heterocycles. The molecule has 0 saturated heterocycles. The van der Waals surface area contributed by atoms with Crippen LogP contribution in [0.15, 0.2) is 47.4 Å². The van der Waals surface area contributed by atoms with Crippen molar-refractivity contribution in [1.29, 1.82) is 0 Å². The van der Waals surface area contributed by atoms with Crippen LogP contribution < -0.4 is 15.6 Å². The lowest BCUT2D eigenvalue weighted by atomic mass is 10.2. The molecule has 4 rings (SSSR count). The van der Waals surface area contributed by atoms with Crippen molar-refractivity contribution < 1.29 is 9.53 Å². The molecule has 0 bridgehead atoms. The van der Waals surface area contributed by atoms with Crippen LogP contribution in [0.3, 0.4) is 0 Å². The standard InChI is InChI=1S/C19H18N4O3/c1-26-14-8-4-12(5-9-14)11-23-17-15(3-2-10-20-17)22-16(19(23)25)18(24)21-13-6-7-13/h2-5,8-10,13H,6-7,11H2,1H3,(H,21,24). The van der Waals surface area contributed by atoms with Crippen LogP contribution in [0.25, 0.3) is 11.2 Å². The molecule has 2 aromatic heterocycles. The van der Waals surface area contributed by atoms with Gasteiger partial charge >= 0.3 is 0 Å². The van der Waals surface area contributed by atoms with Gasteiger partial charge in [-0.15, -0.1) is 0 Å². The Balaban J connectivity index is 1.78. The maximum absolute atomic E-state index is 12.9. The smallest absolute Gasteiger partial charge is 0.284 e. The Morgan fingerprint density at radius 3 is 2.73 bits per heavy atom. The van der Waals surface area contributed by atoms with E-state index >= 15 is 0 Å². The Morgan fingerprint density at radius 2 is 2.04 bits per heavy atom. The number of hydrogen-bond acceptors (Lipinski definition) is 5. The minimum Gasteiger partial charge on any atom is -0.497 e. The maximum Gasteiger partial charge on any atom is 0.284 e. The molecule has 0 spiro atoms. The molecule has 1 aromatic carbocycles. The van der Waals surface area contributed by atoms with Crippen LogP contribution in [-0.2, 0) is 6.54 Å². The molecule has 132 valence electrons. The van der Waals surface area contributed by atoms with Crippen molar-refractivity contribution in [3.05, 3.63) is 64.2 Å². The topological polar surface area (TPSA) is 86.1 Å². The number of carbonyl (C=O) groups excluding carboxylic acids is 1. The zero-order chi connectivity index (χ0) is 18.1. The first-order valence-electron chi connectivity index (χ1n) is 8.45. The number of ether oxygens (including phenoxy) is 1. The van der Waals surface area contributed by atoms with Gasteiger partial charge in [0.1, 0.15) is 11.3 Å². The lowest BCUT2D eigenvalue weighted by Crippen LogP contribution is -2.36. The molecule has 0 radical (unpaired) electrons. The lowest BCUT2D eigenvalue weighted by molar-refractivity contribution is 0.0944. The molecule has 1 aliphatic rings. The van der Waals surface area contributed by atoms with E-state index in [0.717, 1.165) is 24.2 Å². The number of benzene rings is 1. The molecule has 1 N–H and O–H groups in total. The fourth-order valence-corrected chi connectivity index (χ4v) is 2.77. The zero-order valence-electron chi connectivity index (χ0n) is 14.3. The van der Waals surface area contributed by atoms with Crippen molar-refractivity contribution in [3.63, 3.8) is 0 Å². The van der Waals surface area contributed by atoms with Gasteiger partial charge in [0.2, 0.25) is 0 Å². The van der Waals surface area contributed by atoms with E-state index in [4.69, 9.17) is 4.74 Å². The summed E-state index contributed by atoms with van der Waals surface area (Å²) in [5.41, 5.74) is 1.34. The summed E-state index contributed by atoms with van der Waals surface area (Å²) in [6.07, 6.45) is 3.50. The summed E-state index contributed by atoms with van der Waals surface area (Å²) in [5.74, 6) is 0.315. The molecular weight excluding hydrogens is 332 g/mol. The largest absolute Gasteiger partial charge is 0.497 e. The molecule has 26 heavy (non-hydrogen) atoms. The van der Waals surface area contributed by atoms with Crippen LogP contribution in [0.5, 0.6) is 5.75 Å². The summed E-state index contributed by atoms with van der Waals surface area (Å²) in [6, 6.07) is 11.1. The van der Waals surface area contributed by atoms with Gasteiger partial charge in [-0.2, -0.15) is 0 Å². The van der Waals surface area contributed by atoms with Crippen LogP contribution in [0.1, 0.15) is 28.9 Å². The highest BCUT2D eigenvalue weighted by Gasteiger charge is 2.26. The van der Waals surface area contributed by atoms with E-state index < -0.39 is 11.5 Å². The van der Waals surface area contributed by atoms with E-state index in [1.54, 1.807) is 25.4 Å². The number of fused-ring (bicyclic) bond motifs is 1. The van der Waals surface area contributed by atoms with E-state index in [0.29, 0.717) is 17.7 Å². The third kappa shape index (κ3) is 3.15. The summed E-state index contributed by atoms with van der Waals surface area (Å²) in [5, 5.41) is 2.83. The molecule has 7 heteroatoms. The van der Waals surface area contributed by atoms with Gasteiger partial charge in [0.05, 0.1) is 13.7 Å². The quantitative estimate of drug-likeness (QED) is 0.757. The van der Waals surface area contributed by atoms with Crippen molar-refractivity contribution in [2.24, 2.45) is 0 Å². The molecule has 1 fully saturated rings. The predicted octanol–water partition coefficient (Wildman–Crippen LogP) is 1.74. The maximum atomic E-state index is 12.9. The second-order valence-corrected chi connectivity index (χ2v) is 6.29. The van der Waals surface area contributed by atoms with Crippen molar-refractivity contribution >= 4 is 17.1 Å². The average molecular weight is 350 g/mol. The SMILES string of the molecule is COc1ccc(Cn2c(=O)c(C(=O)NC3CC3)nc3cccnc32)cc1. The van der Waals surface area contributed by atoms with Gasteiger partial charge in [-0.1, -0.05) is 12.1 Å². The van der Waals surface area contributed by atoms with Gasteiger partial charge in [-0.25, -0.2) is 9.97 Å². The first-order chi connectivity index (χ1) is 12.7. The molecule has 0 aliphatic heterocycles. The van der Waals surface area contributed by atoms with Crippen molar-refractivity contribution in [2.45, 2.75) is 25.4 Å². The van der Waals surface area contributed by atoms with E-state index in [9.17, 15) is 9.59 Å². The second-order valence-electron chi connectivity index (χ2n) is 6.29. The number of nitrogens with one attached hydrogen (secondary N) is 1. The third-order valence-electron chi connectivity index (χ3n) is 4.33. The molecule has 1 amide bonds. The van der Waals surface area contributed by atoms with Crippen LogP contribution >= 0.6 is 0 Å². The molecule has 3 aromatic rings. The zero-order valence-corrected chi connectivity index (χ0v) is 14.3. The number of nitrogens with zero attached hydrogens (tertiary/aromatic N) is 3. The van der Waals surface area contributed by atoms with Gasteiger partial charge in [0, 0.05) is 12.2 Å². The van der Waals surface area contributed by atoms with E-state index in [2.05, 4.69) is 15.3 Å². The highest BCUT2D eigenvalue weighted by Crippen LogP contribution is 2.19. The summed E-state index contributed by atoms with van der Waals surface area (Å²) in [4.78, 5) is 33.9. The number of pyridine rings is 1. The third-order valence-corrected chi connectivity index (χ3v) is 4.33. The number of rotatable bonds is 5. The predicted molar refractivity (Wildman–Crippen MR) is 96.4 cm³/mol. The summed E-state index contributed by atoms with van der Waals surface area (Å²) >= 11 is 0. The van der Waals surface area contributed by atoms with E-state index in [1.807, 2.05) is 24.3 Å². The molecule has 1 aliphatic carbocycles. The number of hydrogen-bond donors (Lipinski definition) is 1. The number of methoxy groups -OCH3 is 1. The molecule has 0 unspecified atom stereocenters. The van der Waals surface area contributed by atoms with Crippen LogP contribution in [0.4, 0.5) is 0 Å². The van der Waals surface area contributed by atoms with Crippen molar-refractivity contribution in [1.82, 2.24) is 19.9 Å². The van der Waals surface area contributed by atoms with E-state index in [1.165, 1.54) is 4.57 Å². The Bertz CT molecular complexity index is 1020. The fourth-order valence-electron chi connectivity index (χ4n) is 2.77. The van der Waals surface area contributed by atoms with Crippen molar-refractivity contribution in [3.8, 4) is 5.75 Å².